The SMILES string of the molecule is Cc1cc(-c2ccc(C3CCc4ccc([C@H](C5CC5)[C@H](C)C(=O)[O-])cc4O3)c(CN3CCCC3)c2)ccn1.[Na+]. The average molecular weight is 533 g/mol. The Morgan fingerprint density at radius 2 is 1.82 bits per heavy atom. The molecule has 198 valence electrons. The van der Waals surface area contributed by atoms with Crippen LogP contribution < -0.4 is 39.4 Å². The second-order valence-corrected chi connectivity index (χ2v) is 11.6. The van der Waals surface area contributed by atoms with E-state index in [0.717, 1.165) is 62.3 Å². The number of nitrogens with zero attached hydrogens (tertiary/aromatic N) is 2. The molecular weight excluding hydrogens is 495 g/mol. The third-order valence-corrected chi connectivity index (χ3v) is 8.77. The zero-order chi connectivity index (χ0) is 26.2. The first kappa shape index (κ1) is 28.4. The van der Waals surface area contributed by atoms with Gasteiger partial charge in [-0.1, -0.05) is 31.2 Å². The Morgan fingerprint density at radius 3 is 2.54 bits per heavy atom. The molecule has 1 saturated heterocycles. The van der Waals surface area contributed by atoms with Crippen LogP contribution in [-0.2, 0) is 17.8 Å². The van der Waals surface area contributed by atoms with Crippen molar-refractivity contribution in [3.8, 4) is 16.9 Å². The first-order chi connectivity index (χ1) is 18.5. The van der Waals surface area contributed by atoms with Crippen molar-refractivity contribution in [2.24, 2.45) is 11.8 Å². The van der Waals surface area contributed by atoms with E-state index < -0.39 is 11.9 Å². The Morgan fingerprint density at radius 1 is 1.05 bits per heavy atom. The number of carboxylic acid groups (broad SMARTS) is 1. The topological polar surface area (TPSA) is 65.5 Å². The number of pyridine rings is 1. The number of carboxylic acids is 1. The van der Waals surface area contributed by atoms with Gasteiger partial charge in [-0.05, 0) is 128 Å². The Kier molecular flexibility index (Phi) is 8.82. The summed E-state index contributed by atoms with van der Waals surface area (Å²) in [5.74, 6) is -0.137. The van der Waals surface area contributed by atoms with Crippen molar-refractivity contribution in [2.75, 3.05) is 13.1 Å². The number of likely N-dealkylation sites (tertiary alicyclic amines) is 1. The number of ether oxygens (including phenoxy) is 1. The summed E-state index contributed by atoms with van der Waals surface area (Å²) in [5.41, 5.74) is 8.33. The second-order valence-electron chi connectivity index (χ2n) is 11.6. The number of hydrogen-bond donors (Lipinski definition) is 0. The molecule has 2 fully saturated rings. The number of aryl methyl sites for hydroxylation is 2. The van der Waals surface area contributed by atoms with E-state index in [1.165, 1.54) is 40.7 Å². The van der Waals surface area contributed by atoms with E-state index in [4.69, 9.17) is 4.74 Å². The Balaban J connectivity index is 0.00000308. The smallest absolute Gasteiger partial charge is 0.550 e. The van der Waals surface area contributed by atoms with E-state index in [1.807, 2.05) is 13.1 Å². The van der Waals surface area contributed by atoms with E-state index in [0.29, 0.717) is 5.92 Å². The molecule has 0 radical (unpaired) electrons. The molecule has 3 atom stereocenters. The standard InChI is InChI=1S/C33H38N2O3.Na/c1-21-17-26(13-14-34-21)25-9-11-29(28(18-25)20-35-15-3-4-16-35)30-12-10-23-5-8-27(19-31(23)38-30)32(24-6-7-24)22(2)33(36)37;/h5,8-9,11,13-14,17-19,22,24,30,32H,3-4,6-7,10,12,15-16,20H2,1-2H3,(H,36,37);/q;+1/p-1/t22-,30?,32-;/m0./s1. The molecule has 3 heterocycles. The van der Waals surface area contributed by atoms with Crippen molar-refractivity contribution in [1.82, 2.24) is 9.88 Å². The quantitative estimate of drug-likeness (QED) is 0.418. The summed E-state index contributed by atoms with van der Waals surface area (Å²) < 4.78 is 6.73. The minimum absolute atomic E-state index is 0. The molecule has 2 aliphatic heterocycles. The minimum Gasteiger partial charge on any atom is -0.550 e. The van der Waals surface area contributed by atoms with Crippen LogP contribution in [0.2, 0.25) is 0 Å². The fourth-order valence-corrected chi connectivity index (χ4v) is 6.53. The first-order valence-corrected chi connectivity index (χ1v) is 14.2. The number of carbonyl (C=O) groups is 1. The maximum absolute atomic E-state index is 11.8. The van der Waals surface area contributed by atoms with E-state index in [1.54, 1.807) is 6.92 Å². The van der Waals surface area contributed by atoms with Gasteiger partial charge in [0.25, 0.3) is 0 Å². The van der Waals surface area contributed by atoms with E-state index in [9.17, 15) is 9.90 Å². The molecule has 0 spiro atoms. The largest absolute Gasteiger partial charge is 1.00 e. The summed E-state index contributed by atoms with van der Waals surface area (Å²) in [7, 11) is 0. The Labute approximate surface area is 254 Å². The molecule has 6 heteroatoms. The van der Waals surface area contributed by atoms with Crippen LogP contribution in [0, 0.1) is 18.8 Å². The number of benzene rings is 2. The summed E-state index contributed by atoms with van der Waals surface area (Å²) >= 11 is 0. The molecule has 2 aromatic carbocycles. The number of fused-ring (bicyclic) bond motifs is 1. The van der Waals surface area contributed by atoms with Gasteiger partial charge in [-0.25, -0.2) is 0 Å². The first-order valence-electron chi connectivity index (χ1n) is 14.2. The molecule has 39 heavy (non-hydrogen) atoms. The van der Waals surface area contributed by atoms with E-state index in [-0.39, 0.29) is 41.6 Å². The molecule has 5 nitrogen and oxygen atoms in total. The van der Waals surface area contributed by atoms with Gasteiger partial charge < -0.3 is 14.6 Å². The van der Waals surface area contributed by atoms with Crippen LogP contribution in [-0.4, -0.2) is 28.9 Å². The van der Waals surface area contributed by atoms with Crippen molar-refractivity contribution in [2.45, 2.75) is 70.9 Å². The number of carbonyl (C=O) groups excluding carboxylic acids is 1. The van der Waals surface area contributed by atoms with Crippen LogP contribution >= 0.6 is 0 Å². The third-order valence-electron chi connectivity index (χ3n) is 8.77. The van der Waals surface area contributed by atoms with E-state index >= 15 is 0 Å². The molecule has 1 saturated carbocycles. The molecule has 1 unspecified atom stereocenters. The molecule has 1 aliphatic carbocycles. The summed E-state index contributed by atoms with van der Waals surface area (Å²) in [5, 5.41) is 11.8. The normalized spacial score (nSPS) is 20.4. The van der Waals surface area contributed by atoms with E-state index in [2.05, 4.69) is 58.4 Å². The molecular formula is C33H37N2NaO3. The van der Waals surface area contributed by atoms with Gasteiger partial charge in [0.1, 0.15) is 11.9 Å². The van der Waals surface area contributed by atoms with Gasteiger partial charge in [0.05, 0.1) is 0 Å². The van der Waals surface area contributed by atoms with Gasteiger partial charge in [0.2, 0.25) is 0 Å². The van der Waals surface area contributed by atoms with Crippen molar-refractivity contribution in [1.29, 1.82) is 0 Å². The van der Waals surface area contributed by atoms with Gasteiger partial charge in [0.15, 0.2) is 0 Å². The van der Waals surface area contributed by atoms with Crippen LogP contribution in [0.1, 0.15) is 79.0 Å². The third kappa shape index (κ3) is 6.27. The summed E-state index contributed by atoms with van der Waals surface area (Å²) in [6, 6.07) is 17.5. The fourth-order valence-electron chi connectivity index (χ4n) is 6.53. The summed E-state index contributed by atoms with van der Waals surface area (Å²) in [6.07, 6.45) is 8.48. The second kappa shape index (κ2) is 12.1. The maximum atomic E-state index is 11.8. The van der Waals surface area contributed by atoms with Crippen molar-refractivity contribution < 1.29 is 44.2 Å². The van der Waals surface area contributed by atoms with Gasteiger partial charge in [0, 0.05) is 30.3 Å². The fraction of sp³-hybridized carbons (Fsp3) is 0.455. The van der Waals surface area contributed by atoms with Crippen LogP contribution in [0.15, 0.2) is 54.7 Å². The predicted octanol–water partition coefficient (Wildman–Crippen LogP) is 2.60. The zero-order valence-electron chi connectivity index (χ0n) is 23.5. The number of hydrogen-bond acceptors (Lipinski definition) is 5. The monoisotopic (exact) mass is 532 g/mol. The zero-order valence-corrected chi connectivity index (χ0v) is 25.5. The molecule has 0 amide bonds. The van der Waals surface area contributed by atoms with Gasteiger partial charge in [-0.2, -0.15) is 0 Å². The average Bonchev–Trinajstić information content (AvgIpc) is 3.62. The predicted molar refractivity (Wildman–Crippen MR) is 147 cm³/mol. The van der Waals surface area contributed by atoms with Crippen LogP contribution in [0.5, 0.6) is 5.75 Å². The number of aliphatic carboxylic acids is 1. The van der Waals surface area contributed by atoms with Gasteiger partial charge in [-0.3, -0.25) is 9.88 Å². The van der Waals surface area contributed by atoms with Crippen molar-refractivity contribution in [3.63, 3.8) is 0 Å². The molecule has 3 aromatic rings. The van der Waals surface area contributed by atoms with Crippen LogP contribution in [0.3, 0.4) is 0 Å². The van der Waals surface area contributed by atoms with Crippen molar-refractivity contribution >= 4 is 5.97 Å². The van der Waals surface area contributed by atoms with Crippen molar-refractivity contribution in [3.05, 3.63) is 82.7 Å². The van der Waals surface area contributed by atoms with Crippen LogP contribution in [0.4, 0.5) is 0 Å². The molecule has 3 aliphatic rings. The molecule has 0 bridgehead atoms. The Hall–Kier alpha value is -2.18. The summed E-state index contributed by atoms with van der Waals surface area (Å²) in [6.45, 7) is 7.06. The van der Waals surface area contributed by atoms with Gasteiger partial charge >= 0.3 is 29.6 Å². The number of aromatic nitrogens is 1. The van der Waals surface area contributed by atoms with Gasteiger partial charge in [-0.15, -0.1) is 0 Å². The molecule has 1 aromatic heterocycles. The summed E-state index contributed by atoms with van der Waals surface area (Å²) in [4.78, 5) is 18.7. The van der Waals surface area contributed by atoms with Crippen LogP contribution in [0.25, 0.3) is 11.1 Å². The molecule has 0 N–H and O–H groups in total. The number of rotatable bonds is 8. The minimum atomic E-state index is -0.963. The Bertz CT molecular complexity index is 1330. The molecule has 6 rings (SSSR count). The maximum Gasteiger partial charge on any atom is 1.00 e.